The molecule has 0 aromatic heterocycles. The fourth-order valence-electron chi connectivity index (χ4n) is 0.724. The van der Waals surface area contributed by atoms with Gasteiger partial charge in [-0.25, -0.2) is 0 Å². The Morgan fingerprint density at radius 2 is 2.50 bits per heavy atom. The maximum Gasteiger partial charge on any atom is 0.180 e. The minimum atomic E-state index is -0.215. The average molecular weight is 144 g/mol. The van der Waals surface area contributed by atoms with E-state index in [4.69, 9.17) is 14.2 Å². The molecular formula is C7H12O3. The molecule has 58 valence electrons. The van der Waals surface area contributed by atoms with Crippen LogP contribution in [0.25, 0.3) is 0 Å². The summed E-state index contributed by atoms with van der Waals surface area (Å²) in [4.78, 5) is 0. The zero-order valence-corrected chi connectivity index (χ0v) is 6.08. The van der Waals surface area contributed by atoms with Gasteiger partial charge < -0.3 is 14.2 Å². The van der Waals surface area contributed by atoms with Gasteiger partial charge in [-0.05, 0) is 6.92 Å². The Hall–Kier alpha value is -0.540. The van der Waals surface area contributed by atoms with Gasteiger partial charge in [0.1, 0.15) is 6.61 Å². The van der Waals surface area contributed by atoms with Crippen LogP contribution in [0.5, 0.6) is 0 Å². The number of ether oxygens (including phenoxy) is 3. The van der Waals surface area contributed by atoms with E-state index < -0.39 is 0 Å². The van der Waals surface area contributed by atoms with E-state index in [-0.39, 0.29) is 6.29 Å². The zero-order valence-electron chi connectivity index (χ0n) is 6.08. The van der Waals surface area contributed by atoms with Crippen LogP contribution in [0.2, 0.25) is 0 Å². The molecule has 10 heavy (non-hydrogen) atoms. The molecule has 0 aromatic carbocycles. The summed E-state index contributed by atoms with van der Waals surface area (Å²) in [6.45, 7) is 3.80. The zero-order chi connectivity index (χ0) is 7.23. The number of hydrogen-bond donors (Lipinski definition) is 0. The molecule has 0 fully saturated rings. The second-order valence-electron chi connectivity index (χ2n) is 1.89. The number of rotatable bonds is 2. The molecule has 0 amide bonds. The van der Waals surface area contributed by atoms with Crippen molar-refractivity contribution in [3.05, 3.63) is 12.3 Å². The molecule has 3 nitrogen and oxygen atoms in total. The SMILES string of the molecule is CCOC1C=COCCO1. The highest BCUT2D eigenvalue weighted by molar-refractivity contribution is 4.79. The van der Waals surface area contributed by atoms with Gasteiger partial charge in [-0.2, -0.15) is 0 Å². The molecule has 0 spiro atoms. The van der Waals surface area contributed by atoms with Crippen LogP contribution < -0.4 is 0 Å². The highest BCUT2D eigenvalue weighted by atomic mass is 16.7. The van der Waals surface area contributed by atoms with E-state index in [1.807, 2.05) is 6.92 Å². The topological polar surface area (TPSA) is 27.7 Å². The summed E-state index contributed by atoms with van der Waals surface area (Å²) >= 11 is 0. The summed E-state index contributed by atoms with van der Waals surface area (Å²) in [6.07, 6.45) is 3.16. The second-order valence-corrected chi connectivity index (χ2v) is 1.89. The van der Waals surface area contributed by atoms with Gasteiger partial charge in [0.05, 0.1) is 12.9 Å². The predicted octanol–water partition coefficient (Wildman–Crippen LogP) is 0.909. The molecule has 0 saturated heterocycles. The van der Waals surface area contributed by atoms with Crippen LogP contribution in [0.15, 0.2) is 12.3 Å². The molecule has 1 atom stereocenters. The van der Waals surface area contributed by atoms with E-state index >= 15 is 0 Å². The van der Waals surface area contributed by atoms with Crippen LogP contribution in [-0.2, 0) is 14.2 Å². The highest BCUT2D eigenvalue weighted by Gasteiger charge is 2.05. The predicted molar refractivity (Wildman–Crippen MR) is 36.5 cm³/mol. The Kier molecular flexibility index (Phi) is 3.26. The molecule has 0 radical (unpaired) electrons. The van der Waals surface area contributed by atoms with Crippen LogP contribution in [0, 0.1) is 0 Å². The third kappa shape index (κ3) is 2.37. The summed E-state index contributed by atoms with van der Waals surface area (Å²) in [5, 5.41) is 0. The quantitative estimate of drug-likeness (QED) is 0.576. The fourth-order valence-corrected chi connectivity index (χ4v) is 0.724. The maximum absolute atomic E-state index is 5.21. The van der Waals surface area contributed by atoms with Gasteiger partial charge in [-0.1, -0.05) is 0 Å². The monoisotopic (exact) mass is 144 g/mol. The minimum Gasteiger partial charge on any atom is -0.499 e. The molecule has 1 rings (SSSR count). The third-order valence-corrected chi connectivity index (χ3v) is 1.15. The first kappa shape index (κ1) is 7.57. The molecule has 0 saturated carbocycles. The lowest BCUT2D eigenvalue weighted by atomic mass is 10.6. The van der Waals surface area contributed by atoms with Gasteiger partial charge in [0.2, 0.25) is 0 Å². The van der Waals surface area contributed by atoms with Crippen molar-refractivity contribution >= 4 is 0 Å². The van der Waals surface area contributed by atoms with E-state index in [0.29, 0.717) is 19.8 Å². The summed E-state index contributed by atoms with van der Waals surface area (Å²) in [6, 6.07) is 0. The molecule has 3 heteroatoms. The van der Waals surface area contributed by atoms with Crippen molar-refractivity contribution in [3.63, 3.8) is 0 Å². The van der Waals surface area contributed by atoms with Gasteiger partial charge in [0.15, 0.2) is 6.29 Å². The second kappa shape index (κ2) is 4.30. The van der Waals surface area contributed by atoms with Crippen molar-refractivity contribution in [3.8, 4) is 0 Å². The Morgan fingerprint density at radius 3 is 3.30 bits per heavy atom. The smallest absolute Gasteiger partial charge is 0.180 e. The molecular weight excluding hydrogens is 132 g/mol. The van der Waals surface area contributed by atoms with Crippen molar-refractivity contribution in [1.82, 2.24) is 0 Å². The first-order chi connectivity index (χ1) is 4.93. The van der Waals surface area contributed by atoms with Crippen LogP contribution in [0.4, 0.5) is 0 Å². The molecule has 1 unspecified atom stereocenters. The number of hydrogen-bond acceptors (Lipinski definition) is 3. The molecule has 1 aliphatic heterocycles. The van der Waals surface area contributed by atoms with Crippen molar-refractivity contribution in [1.29, 1.82) is 0 Å². The Labute approximate surface area is 60.6 Å². The largest absolute Gasteiger partial charge is 0.499 e. The molecule has 0 aliphatic carbocycles. The van der Waals surface area contributed by atoms with E-state index in [9.17, 15) is 0 Å². The van der Waals surface area contributed by atoms with Gasteiger partial charge in [-0.3, -0.25) is 0 Å². The Bertz CT molecular complexity index is 111. The van der Waals surface area contributed by atoms with E-state index in [2.05, 4.69) is 0 Å². The summed E-state index contributed by atoms with van der Waals surface area (Å²) < 4.78 is 15.4. The lowest BCUT2D eigenvalue weighted by Crippen LogP contribution is -2.14. The lowest BCUT2D eigenvalue weighted by Gasteiger charge is -2.09. The first-order valence-corrected chi connectivity index (χ1v) is 3.45. The summed E-state index contributed by atoms with van der Waals surface area (Å²) in [5.74, 6) is 0. The van der Waals surface area contributed by atoms with Crippen molar-refractivity contribution in [2.75, 3.05) is 19.8 Å². The average Bonchev–Trinajstić information content (AvgIpc) is 2.17. The van der Waals surface area contributed by atoms with Crippen LogP contribution >= 0.6 is 0 Å². The molecule has 0 bridgehead atoms. The Balaban J connectivity index is 2.27. The van der Waals surface area contributed by atoms with E-state index in [1.54, 1.807) is 12.3 Å². The van der Waals surface area contributed by atoms with Gasteiger partial charge in [0.25, 0.3) is 0 Å². The van der Waals surface area contributed by atoms with Crippen molar-refractivity contribution in [2.24, 2.45) is 0 Å². The third-order valence-electron chi connectivity index (χ3n) is 1.15. The van der Waals surface area contributed by atoms with Crippen molar-refractivity contribution in [2.45, 2.75) is 13.2 Å². The van der Waals surface area contributed by atoms with Crippen LogP contribution in [0.3, 0.4) is 0 Å². The maximum atomic E-state index is 5.21. The van der Waals surface area contributed by atoms with Crippen LogP contribution in [-0.4, -0.2) is 26.1 Å². The molecule has 0 aromatic rings. The van der Waals surface area contributed by atoms with Gasteiger partial charge in [-0.15, -0.1) is 0 Å². The van der Waals surface area contributed by atoms with Crippen molar-refractivity contribution < 1.29 is 14.2 Å². The normalized spacial score (nSPS) is 25.5. The van der Waals surface area contributed by atoms with E-state index in [1.165, 1.54) is 0 Å². The Morgan fingerprint density at radius 1 is 1.60 bits per heavy atom. The minimum absolute atomic E-state index is 0.215. The van der Waals surface area contributed by atoms with Gasteiger partial charge in [0, 0.05) is 12.7 Å². The molecule has 1 aliphatic rings. The van der Waals surface area contributed by atoms with E-state index in [0.717, 1.165) is 0 Å². The summed E-state index contributed by atoms with van der Waals surface area (Å²) in [5.41, 5.74) is 0. The highest BCUT2D eigenvalue weighted by Crippen LogP contribution is 2.00. The standard InChI is InChI=1S/C7H12O3/c1-2-9-7-3-4-8-5-6-10-7/h3-4,7H,2,5-6H2,1H3. The molecule has 1 heterocycles. The fraction of sp³-hybridized carbons (Fsp3) is 0.714. The van der Waals surface area contributed by atoms with Gasteiger partial charge >= 0.3 is 0 Å². The first-order valence-electron chi connectivity index (χ1n) is 3.45. The summed E-state index contributed by atoms with van der Waals surface area (Å²) in [7, 11) is 0. The molecule has 0 N–H and O–H groups in total. The lowest BCUT2D eigenvalue weighted by molar-refractivity contribution is -0.107. The van der Waals surface area contributed by atoms with Crippen LogP contribution in [0.1, 0.15) is 6.92 Å².